The quantitative estimate of drug-likeness (QED) is 0.759. The van der Waals surface area contributed by atoms with Crippen LogP contribution in [0.1, 0.15) is 24.5 Å². The highest BCUT2D eigenvalue weighted by Crippen LogP contribution is 2.30. The van der Waals surface area contributed by atoms with Gasteiger partial charge in [0.05, 0.1) is 13.2 Å². The molecule has 1 heterocycles. The van der Waals surface area contributed by atoms with E-state index < -0.39 is 0 Å². The molecule has 2 nitrogen and oxygen atoms in total. The average molecular weight is 218 g/mol. The number of rotatable bonds is 2. The molecule has 0 amide bonds. The molecule has 2 atom stereocenters. The zero-order valence-corrected chi connectivity index (χ0v) is 9.74. The molecule has 1 aliphatic heterocycles. The summed E-state index contributed by atoms with van der Waals surface area (Å²) in [5.74, 6) is 1.81. The lowest BCUT2D eigenvalue weighted by molar-refractivity contribution is 0.141. The van der Waals surface area contributed by atoms with E-state index in [2.05, 4.69) is 25.1 Å². The van der Waals surface area contributed by atoms with Gasteiger partial charge >= 0.3 is 0 Å². The zero-order chi connectivity index (χ0) is 11.0. The molecule has 2 aliphatic rings. The standard InChI is InChI=1S/C14H18O2/c1-10-6-11-2-3-13(8-12(11)7-10)16-14-4-5-15-9-14/h2-3,8,10,14H,4-7,9H2,1H3/t10-,14?/m1/s1. The number of ether oxygens (including phenoxy) is 2. The van der Waals surface area contributed by atoms with Crippen molar-refractivity contribution in [2.45, 2.75) is 32.3 Å². The molecule has 0 N–H and O–H groups in total. The SMILES string of the molecule is C[C@@H]1Cc2ccc(OC3CCOC3)cc2C1. The van der Waals surface area contributed by atoms with E-state index in [1.54, 1.807) is 0 Å². The van der Waals surface area contributed by atoms with Gasteiger partial charge in [-0.05, 0) is 42.0 Å². The van der Waals surface area contributed by atoms with Gasteiger partial charge in [-0.2, -0.15) is 0 Å². The zero-order valence-electron chi connectivity index (χ0n) is 9.74. The predicted octanol–water partition coefficient (Wildman–Crippen LogP) is 2.59. The second kappa shape index (κ2) is 4.10. The van der Waals surface area contributed by atoms with Crippen LogP contribution in [0.4, 0.5) is 0 Å². The smallest absolute Gasteiger partial charge is 0.124 e. The second-order valence-electron chi connectivity index (χ2n) is 5.05. The molecule has 1 saturated heterocycles. The molecule has 0 spiro atoms. The van der Waals surface area contributed by atoms with Gasteiger partial charge in [0.25, 0.3) is 0 Å². The van der Waals surface area contributed by atoms with Gasteiger partial charge in [-0.3, -0.25) is 0 Å². The average Bonchev–Trinajstić information content (AvgIpc) is 2.85. The molecule has 16 heavy (non-hydrogen) atoms. The van der Waals surface area contributed by atoms with Gasteiger partial charge in [-0.25, -0.2) is 0 Å². The van der Waals surface area contributed by atoms with E-state index in [1.807, 2.05) is 0 Å². The first-order valence-electron chi connectivity index (χ1n) is 6.17. The summed E-state index contributed by atoms with van der Waals surface area (Å²) in [5.41, 5.74) is 2.98. The fraction of sp³-hybridized carbons (Fsp3) is 0.571. The van der Waals surface area contributed by atoms with Crippen LogP contribution in [0.3, 0.4) is 0 Å². The highest BCUT2D eigenvalue weighted by molar-refractivity contribution is 5.39. The molecule has 1 unspecified atom stereocenters. The molecular weight excluding hydrogens is 200 g/mol. The number of hydrogen-bond acceptors (Lipinski definition) is 2. The number of fused-ring (bicyclic) bond motifs is 1. The Labute approximate surface area is 96.6 Å². The van der Waals surface area contributed by atoms with Gasteiger partial charge in [0, 0.05) is 6.42 Å². The Balaban J connectivity index is 1.74. The van der Waals surface area contributed by atoms with Crippen LogP contribution in [0.15, 0.2) is 18.2 Å². The van der Waals surface area contributed by atoms with Gasteiger partial charge in [0.1, 0.15) is 11.9 Å². The second-order valence-corrected chi connectivity index (χ2v) is 5.05. The van der Waals surface area contributed by atoms with Crippen LogP contribution in [0.2, 0.25) is 0 Å². The van der Waals surface area contributed by atoms with Crippen molar-refractivity contribution in [3.8, 4) is 5.75 Å². The van der Waals surface area contributed by atoms with E-state index >= 15 is 0 Å². The summed E-state index contributed by atoms with van der Waals surface area (Å²) in [5, 5.41) is 0. The van der Waals surface area contributed by atoms with E-state index in [0.717, 1.165) is 31.3 Å². The van der Waals surface area contributed by atoms with E-state index in [4.69, 9.17) is 9.47 Å². The topological polar surface area (TPSA) is 18.5 Å². The summed E-state index contributed by atoms with van der Waals surface area (Å²) in [6.07, 6.45) is 3.71. The third kappa shape index (κ3) is 1.94. The Morgan fingerprint density at radius 1 is 1.25 bits per heavy atom. The highest BCUT2D eigenvalue weighted by Gasteiger charge is 2.20. The van der Waals surface area contributed by atoms with Crippen LogP contribution >= 0.6 is 0 Å². The molecule has 3 rings (SSSR count). The molecule has 1 aromatic carbocycles. The Kier molecular flexibility index (Phi) is 2.60. The van der Waals surface area contributed by atoms with Crippen LogP contribution < -0.4 is 4.74 Å². The van der Waals surface area contributed by atoms with Crippen molar-refractivity contribution in [2.24, 2.45) is 5.92 Å². The third-order valence-electron chi connectivity index (χ3n) is 3.51. The van der Waals surface area contributed by atoms with E-state index in [9.17, 15) is 0 Å². The minimum absolute atomic E-state index is 0.261. The molecule has 0 radical (unpaired) electrons. The fourth-order valence-electron chi connectivity index (χ4n) is 2.69. The molecule has 0 aromatic heterocycles. The molecule has 0 saturated carbocycles. The predicted molar refractivity (Wildman–Crippen MR) is 62.9 cm³/mol. The lowest BCUT2D eigenvalue weighted by atomic mass is 10.1. The maximum Gasteiger partial charge on any atom is 0.124 e. The first kappa shape index (κ1) is 10.2. The summed E-state index contributed by atoms with van der Waals surface area (Å²) < 4.78 is 11.2. The van der Waals surface area contributed by atoms with E-state index in [-0.39, 0.29) is 6.10 Å². The Bertz CT molecular complexity index is 380. The van der Waals surface area contributed by atoms with Crippen molar-refractivity contribution >= 4 is 0 Å². The van der Waals surface area contributed by atoms with Gasteiger partial charge in [-0.1, -0.05) is 13.0 Å². The summed E-state index contributed by atoms with van der Waals surface area (Å²) >= 11 is 0. The largest absolute Gasteiger partial charge is 0.488 e. The summed E-state index contributed by atoms with van der Waals surface area (Å²) in [6, 6.07) is 6.55. The Hall–Kier alpha value is -1.02. The first-order chi connectivity index (χ1) is 7.81. The third-order valence-corrected chi connectivity index (χ3v) is 3.51. The van der Waals surface area contributed by atoms with Crippen molar-refractivity contribution in [1.29, 1.82) is 0 Å². The normalized spacial score (nSPS) is 28.1. The van der Waals surface area contributed by atoms with Gasteiger partial charge < -0.3 is 9.47 Å². The van der Waals surface area contributed by atoms with Crippen LogP contribution in [-0.4, -0.2) is 19.3 Å². The van der Waals surface area contributed by atoms with Gasteiger partial charge in [0.15, 0.2) is 0 Å². The van der Waals surface area contributed by atoms with E-state index in [1.165, 1.54) is 24.0 Å². The highest BCUT2D eigenvalue weighted by atomic mass is 16.5. The van der Waals surface area contributed by atoms with Crippen LogP contribution in [0.25, 0.3) is 0 Å². The molecule has 1 fully saturated rings. The van der Waals surface area contributed by atoms with Crippen LogP contribution in [0, 0.1) is 5.92 Å². The van der Waals surface area contributed by atoms with Crippen molar-refractivity contribution in [2.75, 3.05) is 13.2 Å². The van der Waals surface area contributed by atoms with Crippen molar-refractivity contribution in [3.05, 3.63) is 29.3 Å². The first-order valence-corrected chi connectivity index (χ1v) is 6.17. The van der Waals surface area contributed by atoms with Crippen LogP contribution in [-0.2, 0) is 17.6 Å². The Morgan fingerprint density at radius 2 is 2.12 bits per heavy atom. The van der Waals surface area contributed by atoms with Gasteiger partial charge in [-0.15, -0.1) is 0 Å². The molecule has 1 aliphatic carbocycles. The lowest BCUT2D eigenvalue weighted by Crippen LogP contribution is -2.15. The van der Waals surface area contributed by atoms with Gasteiger partial charge in [0.2, 0.25) is 0 Å². The molecule has 2 heteroatoms. The maximum atomic E-state index is 5.91. The molecule has 1 aromatic rings. The summed E-state index contributed by atoms with van der Waals surface area (Å²) in [6.45, 7) is 3.89. The molecular formula is C14H18O2. The van der Waals surface area contributed by atoms with Crippen molar-refractivity contribution in [1.82, 2.24) is 0 Å². The van der Waals surface area contributed by atoms with E-state index in [0.29, 0.717) is 0 Å². The summed E-state index contributed by atoms with van der Waals surface area (Å²) in [4.78, 5) is 0. The summed E-state index contributed by atoms with van der Waals surface area (Å²) in [7, 11) is 0. The number of hydrogen-bond donors (Lipinski definition) is 0. The molecule has 0 bridgehead atoms. The monoisotopic (exact) mass is 218 g/mol. The minimum atomic E-state index is 0.261. The molecule has 86 valence electrons. The maximum absolute atomic E-state index is 5.91. The lowest BCUT2D eigenvalue weighted by Gasteiger charge is -2.12. The van der Waals surface area contributed by atoms with Crippen LogP contribution in [0.5, 0.6) is 5.75 Å². The van der Waals surface area contributed by atoms with Crippen molar-refractivity contribution in [3.63, 3.8) is 0 Å². The minimum Gasteiger partial charge on any atom is -0.488 e. The van der Waals surface area contributed by atoms with Crippen molar-refractivity contribution < 1.29 is 9.47 Å². The Morgan fingerprint density at radius 3 is 2.94 bits per heavy atom. The number of benzene rings is 1. The fourth-order valence-corrected chi connectivity index (χ4v) is 2.69.